The number of anilines is 3. The minimum atomic E-state index is -0.425. The zero-order valence-electron chi connectivity index (χ0n) is 14.8. The van der Waals surface area contributed by atoms with Gasteiger partial charge in [0.05, 0.1) is 0 Å². The van der Waals surface area contributed by atoms with Gasteiger partial charge in [0.2, 0.25) is 0 Å². The van der Waals surface area contributed by atoms with Gasteiger partial charge in [-0.3, -0.25) is 4.79 Å². The Hall–Kier alpha value is -3.28. The number of hydrogen-bond donors (Lipinski definition) is 2. The highest BCUT2D eigenvalue weighted by molar-refractivity contribution is 6.03. The van der Waals surface area contributed by atoms with Crippen LogP contribution in [-0.4, -0.2) is 15.9 Å². The summed E-state index contributed by atoms with van der Waals surface area (Å²) in [5.41, 5.74) is 3.67. The predicted molar refractivity (Wildman–Crippen MR) is 100 cm³/mol. The highest BCUT2D eigenvalue weighted by Crippen LogP contribution is 2.23. The fourth-order valence-electron chi connectivity index (χ4n) is 2.65. The molecule has 0 bridgehead atoms. The largest absolute Gasteiger partial charge is 0.340 e. The van der Waals surface area contributed by atoms with Gasteiger partial charge >= 0.3 is 0 Å². The van der Waals surface area contributed by atoms with Crippen LogP contribution in [-0.2, 0) is 0 Å². The molecule has 0 aliphatic rings. The summed E-state index contributed by atoms with van der Waals surface area (Å²) < 4.78 is 13.3. The molecule has 2 N–H and O–H groups in total. The molecular formula is C20H19FN4O. The van der Waals surface area contributed by atoms with Crippen molar-refractivity contribution in [3.63, 3.8) is 0 Å². The van der Waals surface area contributed by atoms with Crippen LogP contribution in [0.2, 0.25) is 0 Å². The molecule has 132 valence electrons. The quantitative estimate of drug-likeness (QED) is 0.725. The van der Waals surface area contributed by atoms with Crippen LogP contribution in [0.3, 0.4) is 0 Å². The van der Waals surface area contributed by atoms with Crippen LogP contribution in [0.25, 0.3) is 0 Å². The number of carbonyl (C=O) groups is 1. The highest BCUT2D eigenvalue weighted by atomic mass is 19.1. The van der Waals surface area contributed by atoms with E-state index in [-0.39, 0.29) is 5.69 Å². The van der Waals surface area contributed by atoms with Gasteiger partial charge in [-0.1, -0.05) is 24.3 Å². The number of hydrogen-bond acceptors (Lipinski definition) is 4. The Morgan fingerprint density at radius 1 is 0.962 bits per heavy atom. The Kier molecular flexibility index (Phi) is 4.93. The van der Waals surface area contributed by atoms with E-state index in [1.54, 1.807) is 19.1 Å². The van der Waals surface area contributed by atoms with Crippen molar-refractivity contribution in [1.29, 1.82) is 0 Å². The Morgan fingerprint density at radius 2 is 1.65 bits per heavy atom. The fraction of sp³-hybridized carbons (Fsp3) is 0.150. The van der Waals surface area contributed by atoms with Gasteiger partial charge in [0.25, 0.3) is 5.91 Å². The Labute approximate surface area is 151 Å². The number of aromatic nitrogens is 2. The van der Waals surface area contributed by atoms with Crippen LogP contribution < -0.4 is 10.6 Å². The molecule has 5 nitrogen and oxygen atoms in total. The Morgan fingerprint density at radius 3 is 2.35 bits per heavy atom. The summed E-state index contributed by atoms with van der Waals surface area (Å²) in [6, 6.07) is 13.3. The second-order valence-corrected chi connectivity index (χ2v) is 6.04. The van der Waals surface area contributed by atoms with Crippen molar-refractivity contribution >= 4 is 23.1 Å². The molecule has 0 spiro atoms. The molecule has 1 heterocycles. The molecule has 0 unspecified atom stereocenters. The van der Waals surface area contributed by atoms with Crippen molar-refractivity contribution in [3.8, 4) is 0 Å². The summed E-state index contributed by atoms with van der Waals surface area (Å²) in [7, 11) is 0. The van der Waals surface area contributed by atoms with E-state index in [2.05, 4.69) is 20.6 Å². The molecule has 0 saturated heterocycles. The van der Waals surface area contributed by atoms with E-state index in [0.29, 0.717) is 17.3 Å². The second kappa shape index (κ2) is 7.31. The number of nitrogens with zero attached hydrogens (tertiary/aromatic N) is 2. The molecule has 1 aromatic heterocycles. The summed E-state index contributed by atoms with van der Waals surface area (Å²) >= 11 is 0. The third kappa shape index (κ3) is 4.03. The maximum Gasteiger partial charge on any atom is 0.274 e. The van der Waals surface area contributed by atoms with Crippen LogP contribution in [0, 0.1) is 26.6 Å². The van der Waals surface area contributed by atoms with Gasteiger partial charge in [0, 0.05) is 17.4 Å². The zero-order valence-corrected chi connectivity index (χ0v) is 14.8. The lowest BCUT2D eigenvalue weighted by molar-refractivity contribution is 0.102. The smallest absolute Gasteiger partial charge is 0.274 e. The minimum absolute atomic E-state index is 0.204. The maximum absolute atomic E-state index is 13.3. The van der Waals surface area contributed by atoms with Gasteiger partial charge in [0.15, 0.2) is 0 Å². The summed E-state index contributed by atoms with van der Waals surface area (Å²) in [4.78, 5) is 21.0. The number of rotatable bonds is 4. The molecule has 0 fully saturated rings. The monoisotopic (exact) mass is 350 g/mol. The summed E-state index contributed by atoms with van der Waals surface area (Å²) in [5.74, 6) is 0.148. The van der Waals surface area contributed by atoms with Crippen molar-refractivity contribution in [1.82, 2.24) is 9.97 Å². The van der Waals surface area contributed by atoms with Gasteiger partial charge in [0.1, 0.15) is 23.2 Å². The van der Waals surface area contributed by atoms with Crippen molar-refractivity contribution in [2.24, 2.45) is 0 Å². The van der Waals surface area contributed by atoms with Gasteiger partial charge in [-0.2, -0.15) is 0 Å². The van der Waals surface area contributed by atoms with Crippen LogP contribution >= 0.6 is 0 Å². The summed E-state index contributed by atoms with van der Waals surface area (Å²) in [6.45, 7) is 5.72. The second-order valence-electron chi connectivity index (χ2n) is 6.04. The zero-order chi connectivity index (χ0) is 18.7. The molecule has 0 aliphatic carbocycles. The molecule has 3 rings (SSSR count). The first-order chi connectivity index (χ1) is 12.4. The van der Waals surface area contributed by atoms with Gasteiger partial charge in [-0.15, -0.1) is 0 Å². The van der Waals surface area contributed by atoms with E-state index < -0.39 is 11.7 Å². The normalized spacial score (nSPS) is 10.5. The van der Waals surface area contributed by atoms with E-state index in [0.717, 1.165) is 16.8 Å². The summed E-state index contributed by atoms with van der Waals surface area (Å²) in [5, 5.41) is 5.90. The SMILES string of the molecule is Cc1nc(Nc2c(C)cccc2C)cc(C(=O)Nc2cccc(F)c2)n1. The average molecular weight is 350 g/mol. The van der Waals surface area contributed by atoms with E-state index in [1.807, 2.05) is 32.0 Å². The van der Waals surface area contributed by atoms with Gasteiger partial charge in [-0.05, 0) is 50.1 Å². The lowest BCUT2D eigenvalue weighted by Crippen LogP contribution is -2.15. The molecular weight excluding hydrogens is 331 g/mol. The molecule has 0 atom stereocenters. The number of aryl methyl sites for hydroxylation is 3. The molecule has 0 aliphatic heterocycles. The standard InChI is InChI=1S/C20H19FN4O/c1-12-6-4-7-13(2)19(12)25-18-11-17(22-14(3)23-18)20(26)24-16-9-5-8-15(21)10-16/h4-11H,1-3H3,(H,24,26)(H,22,23,25). The van der Waals surface area contributed by atoms with Crippen LogP contribution in [0.4, 0.5) is 21.6 Å². The number of nitrogens with one attached hydrogen (secondary N) is 2. The molecule has 3 aromatic rings. The number of benzene rings is 2. The van der Waals surface area contributed by atoms with Crippen LogP contribution in [0.15, 0.2) is 48.5 Å². The molecule has 0 radical (unpaired) electrons. The first-order valence-corrected chi connectivity index (χ1v) is 8.18. The van der Waals surface area contributed by atoms with Crippen LogP contribution in [0.5, 0.6) is 0 Å². The highest BCUT2D eigenvalue weighted by Gasteiger charge is 2.12. The average Bonchev–Trinajstić information content (AvgIpc) is 2.58. The maximum atomic E-state index is 13.3. The third-order valence-corrected chi connectivity index (χ3v) is 3.89. The number of amides is 1. The molecule has 2 aromatic carbocycles. The van der Waals surface area contributed by atoms with Crippen molar-refractivity contribution in [2.45, 2.75) is 20.8 Å². The van der Waals surface area contributed by atoms with Gasteiger partial charge < -0.3 is 10.6 Å². The number of para-hydroxylation sites is 1. The van der Waals surface area contributed by atoms with E-state index in [9.17, 15) is 9.18 Å². The predicted octanol–water partition coefficient (Wildman–Crippen LogP) is 4.54. The molecule has 6 heteroatoms. The Bertz CT molecular complexity index is 952. The van der Waals surface area contributed by atoms with Crippen molar-refractivity contribution in [3.05, 3.63) is 77.0 Å². The van der Waals surface area contributed by atoms with Gasteiger partial charge in [-0.25, -0.2) is 14.4 Å². The number of carbonyl (C=O) groups excluding carboxylic acids is 1. The third-order valence-electron chi connectivity index (χ3n) is 3.89. The van der Waals surface area contributed by atoms with Crippen LogP contribution in [0.1, 0.15) is 27.4 Å². The number of halogens is 1. The molecule has 0 saturated carbocycles. The lowest BCUT2D eigenvalue weighted by atomic mass is 10.1. The topological polar surface area (TPSA) is 66.9 Å². The Balaban J connectivity index is 1.86. The van der Waals surface area contributed by atoms with E-state index in [1.165, 1.54) is 18.2 Å². The first-order valence-electron chi connectivity index (χ1n) is 8.18. The summed E-state index contributed by atoms with van der Waals surface area (Å²) in [6.07, 6.45) is 0. The fourth-order valence-corrected chi connectivity index (χ4v) is 2.65. The van der Waals surface area contributed by atoms with E-state index in [4.69, 9.17) is 0 Å². The lowest BCUT2D eigenvalue weighted by Gasteiger charge is -2.13. The molecule has 1 amide bonds. The van der Waals surface area contributed by atoms with Crippen molar-refractivity contribution < 1.29 is 9.18 Å². The first kappa shape index (κ1) is 17.5. The molecule has 26 heavy (non-hydrogen) atoms. The van der Waals surface area contributed by atoms with Crippen molar-refractivity contribution in [2.75, 3.05) is 10.6 Å². The van der Waals surface area contributed by atoms with E-state index >= 15 is 0 Å². The minimum Gasteiger partial charge on any atom is -0.340 e.